The van der Waals surface area contributed by atoms with Crippen LogP contribution in [0.4, 0.5) is 5.13 Å². The Morgan fingerprint density at radius 3 is 2.66 bits per heavy atom. The lowest BCUT2D eigenvalue weighted by Crippen LogP contribution is -2.46. The third-order valence-electron chi connectivity index (χ3n) is 4.85. The van der Waals surface area contributed by atoms with E-state index in [9.17, 15) is 18.0 Å². The monoisotopic (exact) mass is 436 g/mol. The Balaban J connectivity index is 1.53. The van der Waals surface area contributed by atoms with Crippen LogP contribution >= 0.6 is 11.3 Å². The number of nitrogens with zero attached hydrogens (tertiary/aromatic N) is 4. The van der Waals surface area contributed by atoms with E-state index >= 15 is 0 Å². The number of piperazine rings is 1. The van der Waals surface area contributed by atoms with Crippen molar-refractivity contribution in [1.29, 1.82) is 0 Å². The maximum Gasteiger partial charge on any atom is 0.273 e. The van der Waals surface area contributed by atoms with Gasteiger partial charge in [-0.25, -0.2) is 18.8 Å². The average molecular weight is 437 g/mol. The Morgan fingerprint density at radius 1 is 1.21 bits per heavy atom. The second kappa shape index (κ2) is 7.78. The maximum absolute atomic E-state index is 12.9. The second-order valence-corrected chi connectivity index (χ2v) is 9.87. The zero-order chi connectivity index (χ0) is 20.6. The van der Waals surface area contributed by atoms with Gasteiger partial charge in [0.25, 0.3) is 5.91 Å². The molecule has 2 aromatic rings. The highest BCUT2D eigenvalue weighted by atomic mass is 32.2. The van der Waals surface area contributed by atoms with Crippen LogP contribution in [0.2, 0.25) is 0 Å². The van der Waals surface area contributed by atoms with Crippen LogP contribution in [0.15, 0.2) is 28.2 Å². The van der Waals surface area contributed by atoms with Crippen molar-refractivity contribution in [3.8, 4) is 0 Å². The topological polar surface area (TPSA) is 124 Å². The Hall–Kier alpha value is -2.41. The van der Waals surface area contributed by atoms with E-state index in [1.165, 1.54) is 15.6 Å². The van der Waals surface area contributed by atoms with Crippen LogP contribution in [0.5, 0.6) is 0 Å². The van der Waals surface area contributed by atoms with E-state index in [4.69, 9.17) is 0 Å². The molecule has 1 fully saturated rings. The van der Waals surface area contributed by atoms with Crippen LogP contribution in [-0.4, -0.2) is 73.4 Å². The minimum Gasteiger partial charge on any atom is -0.304 e. The molecule has 1 aromatic carbocycles. The fourth-order valence-electron chi connectivity index (χ4n) is 3.10. The van der Waals surface area contributed by atoms with Gasteiger partial charge in [0.2, 0.25) is 15.9 Å². The first kappa shape index (κ1) is 19.9. The van der Waals surface area contributed by atoms with E-state index in [1.54, 1.807) is 18.2 Å². The molecule has 2 aliphatic rings. The third kappa shape index (κ3) is 4.15. The summed E-state index contributed by atoms with van der Waals surface area (Å²) in [6.07, 6.45) is 0.468. The average Bonchev–Trinajstić information content (AvgIpc) is 3.10. The van der Waals surface area contributed by atoms with E-state index in [-0.39, 0.29) is 29.4 Å². The molecule has 3 heterocycles. The lowest BCUT2D eigenvalue weighted by molar-refractivity contribution is -0.121. The number of benzene rings is 1. The maximum atomic E-state index is 12.9. The number of carbonyl (C=O) groups is 2. The molecule has 2 N–H and O–H groups in total. The minimum atomic E-state index is -3.57. The summed E-state index contributed by atoms with van der Waals surface area (Å²) in [5.41, 5.74) is 3.10. The van der Waals surface area contributed by atoms with Crippen LogP contribution in [0.3, 0.4) is 0 Å². The molecule has 0 spiro atoms. The number of hydrazone groups is 1. The van der Waals surface area contributed by atoms with Crippen molar-refractivity contribution in [1.82, 2.24) is 19.6 Å². The molecule has 0 unspecified atom stereocenters. The van der Waals surface area contributed by atoms with Gasteiger partial charge in [-0.3, -0.25) is 14.9 Å². The molecular weight excluding hydrogens is 416 g/mol. The Bertz CT molecular complexity index is 1100. The van der Waals surface area contributed by atoms with Crippen LogP contribution < -0.4 is 10.7 Å². The van der Waals surface area contributed by atoms with E-state index < -0.39 is 15.9 Å². The van der Waals surface area contributed by atoms with Gasteiger partial charge in [-0.05, 0) is 25.2 Å². The summed E-state index contributed by atoms with van der Waals surface area (Å²) >= 11 is 1.19. The fourth-order valence-corrected chi connectivity index (χ4v) is 5.53. The van der Waals surface area contributed by atoms with Crippen LogP contribution in [-0.2, 0) is 19.6 Å². The van der Waals surface area contributed by atoms with Gasteiger partial charge < -0.3 is 4.90 Å². The predicted molar refractivity (Wildman–Crippen MR) is 109 cm³/mol. The number of likely N-dealkylation sites (N-methyl/N-ethyl adjacent to an activating group) is 1. The number of nitrogens with one attached hydrogen (secondary N) is 2. The summed E-state index contributed by atoms with van der Waals surface area (Å²) in [7, 11) is -1.61. The molecule has 1 aromatic heterocycles. The Kier molecular flexibility index (Phi) is 5.34. The smallest absolute Gasteiger partial charge is 0.273 e. The largest absolute Gasteiger partial charge is 0.304 e. The van der Waals surface area contributed by atoms with Gasteiger partial charge in [0.15, 0.2) is 5.13 Å². The molecule has 2 amide bonds. The second-order valence-electron chi connectivity index (χ2n) is 6.90. The molecule has 0 radical (unpaired) electrons. The molecule has 2 aliphatic heterocycles. The van der Waals surface area contributed by atoms with Crippen LogP contribution in [0.25, 0.3) is 10.2 Å². The van der Waals surface area contributed by atoms with Crippen molar-refractivity contribution in [2.75, 3.05) is 38.5 Å². The molecule has 154 valence electrons. The highest BCUT2D eigenvalue weighted by molar-refractivity contribution is 7.89. The summed E-state index contributed by atoms with van der Waals surface area (Å²) in [6.45, 7) is 2.31. The van der Waals surface area contributed by atoms with Crippen molar-refractivity contribution in [2.45, 2.75) is 17.7 Å². The zero-order valence-corrected chi connectivity index (χ0v) is 17.3. The Labute approximate surface area is 171 Å². The molecule has 0 aliphatic carbocycles. The third-order valence-corrected chi connectivity index (χ3v) is 7.68. The number of anilines is 1. The van der Waals surface area contributed by atoms with Crippen molar-refractivity contribution in [3.63, 3.8) is 0 Å². The van der Waals surface area contributed by atoms with Crippen molar-refractivity contribution in [3.05, 3.63) is 18.2 Å². The van der Waals surface area contributed by atoms with Gasteiger partial charge in [-0.15, -0.1) is 0 Å². The van der Waals surface area contributed by atoms with Gasteiger partial charge in [0.05, 0.1) is 15.1 Å². The highest BCUT2D eigenvalue weighted by Crippen LogP contribution is 2.29. The molecule has 12 heteroatoms. The molecule has 29 heavy (non-hydrogen) atoms. The van der Waals surface area contributed by atoms with E-state index in [1.807, 2.05) is 7.05 Å². The molecular formula is C17H20N6O4S2. The van der Waals surface area contributed by atoms with Gasteiger partial charge in [0.1, 0.15) is 5.71 Å². The van der Waals surface area contributed by atoms with Crippen molar-refractivity contribution < 1.29 is 18.0 Å². The van der Waals surface area contributed by atoms with E-state index in [0.717, 1.165) is 0 Å². The highest BCUT2D eigenvalue weighted by Gasteiger charge is 2.28. The van der Waals surface area contributed by atoms with Gasteiger partial charge in [-0.2, -0.15) is 9.41 Å². The minimum absolute atomic E-state index is 0.208. The number of aromatic nitrogens is 1. The summed E-state index contributed by atoms with van der Waals surface area (Å²) in [5.74, 6) is -0.662. The zero-order valence-electron chi connectivity index (χ0n) is 15.7. The number of hydrogen-bond acceptors (Lipinski definition) is 8. The summed E-state index contributed by atoms with van der Waals surface area (Å²) < 4.78 is 28.0. The molecule has 0 atom stereocenters. The SMILES string of the molecule is CN1CCN(S(=O)(=O)c2ccc3nc(NC(=O)C4=NNC(=O)CC4)sc3c2)CC1. The number of sulfonamides is 1. The number of carbonyl (C=O) groups excluding carboxylic acids is 2. The first-order valence-corrected chi connectivity index (χ1v) is 11.3. The Morgan fingerprint density at radius 2 is 1.97 bits per heavy atom. The van der Waals surface area contributed by atoms with Gasteiger partial charge >= 0.3 is 0 Å². The number of amides is 2. The van der Waals surface area contributed by atoms with Crippen LogP contribution in [0, 0.1) is 0 Å². The standard InChI is InChI=1S/C17H20N6O4S2/c1-22-6-8-23(9-7-22)29(26,27)11-2-3-12-14(10-11)28-17(18-12)19-16(25)13-4-5-15(24)21-20-13/h2-3,10H,4-9H2,1H3,(H,21,24)(H,18,19,25). The lowest BCUT2D eigenvalue weighted by atomic mass is 10.2. The predicted octanol–water partition coefficient (Wildman–Crippen LogP) is 0.437. The number of thiazole rings is 1. The number of hydrogen-bond donors (Lipinski definition) is 2. The number of fused-ring (bicyclic) bond motifs is 1. The fraction of sp³-hybridized carbons (Fsp3) is 0.412. The summed E-state index contributed by atoms with van der Waals surface area (Å²) in [4.78, 5) is 30.1. The van der Waals surface area contributed by atoms with E-state index in [2.05, 4.69) is 25.7 Å². The van der Waals surface area contributed by atoms with Crippen LogP contribution in [0.1, 0.15) is 12.8 Å². The number of rotatable bonds is 4. The molecule has 1 saturated heterocycles. The molecule has 10 nitrogen and oxygen atoms in total. The van der Waals surface area contributed by atoms with Gasteiger partial charge in [0, 0.05) is 39.0 Å². The van der Waals surface area contributed by atoms with Crippen molar-refractivity contribution in [2.24, 2.45) is 5.10 Å². The van der Waals surface area contributed by atoms with Gasteiger partial charge in [-0.1, -0.05) is 11.3 Å². The molecule has 4 rings (SSSR count). The first-order chi connectivity index (χ1) is 13.8. The molecule has 0 saturated carbocycles. The summed E-state index contributed by atoms with van der Waals surface area (Å²) in [6, 6.07) is 4.78. The van der Waals surface area contributed by atoms with Crippen molar-refractivity contribution >= 4 is 54.2 Å². The lowest BCUT2D eigenvalue weighted by Gasteiger charge is -2.31. The quantitative estimate of drug-likeness (QED) is 0.717. The molecule has 0 bridgehead atoms. The van der Waals surface area contributed by atoms with E-state index in [0.29, 0.717) is 41.5 Å². The first-order valence-electron chi connectivity index (χ1n) is 9.09. The normalized spacial score (nSPS) is 19.1. The summed E-state index contributed by atoms with van der Waals surface area (Å²) in [5, 5.41) is 6.77.